The van der Waals surface area contributed by atoms with Crippen molar-refractivity contribution in [1.29, 1.82) is 0 Å². The molecule has 0 aliphatic heterocycles. The molecule has 0 aliphatic rings. The topological polar surface area (TPSA) is 57.5 Å². The second-order valence-electron chi connectivity index (χ2n) is 2.62. The maximum atomic E-state index is 10.5. The Labute approximate surface area is 76.0 Å². The van der Waals surface area contributed by atoms with E-state index in [4.69, 9.17) is 10.2 Å². The van der Waals surface area contributed by atoms with Crippen molar-refractivity contribution in [2.45, 2.75) is 6.42 Å². The summed E-state index contributed by atoms with van der Waals surface area (Å²) in [5.74, 6) is -1.09. The van der Waals surface area contributed by atoms with E-state index < -0.39 is 5.97 Å². The molecule has 3 heteroatoms. The van der Waals surface area contributed by atoms with Crippen LogP contribution in [0.4, 0.5) is 0 Å². The molecule has 68 valence electrons. The van der Waals surface area contributed by atoms with Gasteiger partial charge >= 0.3 is 5.97 Å². The van der Waals surface area contributed by atoms with E-state index >= 15 is 0 Å². The lowest BCUT2D eigenvalue weighted by Gasteiger charge is -1.99. The molecule has 1 aromatic carbocycles. The molecule has 0 atom stereocenters. The van der Waals surface area contributed by atoms with Gasteiger partial charge in [-0.1, -0.05) is 30.3 Å². The summed E-state index contributed by atoms with van der Waals surface area (Å²) in [6, 6.07) is 9.13. The molecule has 0 radical (unpaired) electrons. The standard InChI is InChI=1S/C10H10O3/c11-7-9(10(12)13)6-8-4-2-1-3-5-8/h1-5,7,11H,6H2,(H,12,13)/b9-7-. The Morgan fingerprint density at radius 3 is 2.38 bits per heavy atom. The summed E-state index contributed by atoms with van der Waals surface area (Å²) >= 11 is 0. The fraction of sp³-hybridized carbons (Fsp3) is 0.100. The Bertz CT molecular complexity index is 314. The molecule has 1 rings (SSSR count). The molecule has 0 amide bonds. The summed E-state index contributed by atoms with van der Waals surface area (Å²) in [4.78, 5) is 10.5. The van der Waals surface area contributed by atoms with Crippen molar-refractivity contribution in [3.8, 4) is 0 Å². The molecule has 0 fully saturated rings. The Balaban J connectivity index is 2.74. The van der Waals surface area contributed by atoms with E-state index in [1.807, 2.05) is 30.3 Å². The molecule has 0 heterocycles. The van der Waals surface area contributed by atoms with Crippen LogP contribution in [0, 0.1) is 0 Å². The van der Waals surface area contributed by atoms with Gasteiger partial charge in [-0.15, -0.1) is 0 Å². The van der Waals surface area contributed by atoms with E-state index in [1.165, 1.54) is 0 Å². The Kier molecular flexibility index (Phi) is 3.09. The number of carboxylic acids is 1. The van der Waals surface area contributed by atoms with Gasteiger partial charge in [-0.3, -0.25) is 0 Å². The highest BCUT2D eigenvalue weighted by atomic mass is 16.4. The van der Waals surface area contributed by atoms with E-state index in [1.54, 1.807) is 0 Å². The maximum absolute atomic E-state index is 10.5. The Morgan fingerprint density at radius 2 is 1.92 bits per heavy atom. The molecule has 0 bridgehead atoms. The van der Waals surface area contributed by atoms with Crippen molar-refractivity contribution in [3.05, 3.63) is 47.7 Å². The minimum Gasteiger partial charge on any atom is -0.515 e. The Hall–Kier alpha value is -1.77. The summed E-state index contributed by atoms with van der Waals surface area (Å²) in [6.45, 7) is 0. The van der Waals surface area contributed by atoms with Crippen LogP contribution in [-0.4, -0.2) is 16.2 Å². The number of aliphatic carboxylic acids is 1. The fourth-order valence-electron chi connectivity index (χ4n) is 0.992. The van der Waals surface area contributed by atoms with Crippen LogP contribution in [0.5, 0.6) is 0 Å². The van der Waals surface area contributed by atoms with Crippen LogP contribution in [0.25, 0.3) is 0 Å². The van der Waals surface area contributed by atoms with E-state index in [0.29, 0.717) is 6.26 Å². The number of hydrogen-bond donors (Lipinski definition) is 2. The first kappa shape index (κ1) is 9.32. The largest absolute Gasteiger partial charge is 0.515 e. The van der Waals surface area contributed by atoms with Gasteiger partial charge in [0, 0.05) is 6.42 Å². The van der Waals surface area contributed by atoms with Gasteiger partial charge in [0.2, 0.25) is 0 Å². The van der Waals surface area contributed by atoms with Gasteiger partial charge in [-0.05, 0) is 5.56 Å². The first-order chi connectivity index (χ1) is 6.24. The van der Waals surface area contributed by atoms with Crippen molar-refractivity contribution < 1.29 is 15.0 Å². The third-order valence-electron chi connectivity index (χ3n) is 1.67. The minimum absolute atomic E-state index is 0.00815. The van der Waals surface area contributed by atoms with Gasteiger partial charge < -0.3 is 10.2 Å². The van der Waals surface area contributed by atoms with Gasteiger partial charge in [0.25, 0.3) is 0 Å². The lowest BCUT2D eigenvalue weighted by Crippen LogP contribution is -2.03. The highest BCUT2D eigenvalue weighted by molar-refractivity contribution is 5.86. The van der Waals surface area contributed by atoms with Gasteiger partial charge in [0.05, 0.1) is 11.8 Å². The lowest BCUT2D eigenvalue weighted by atomic mass is 10.1. The zero-order valence-electron chi connectivity index (χ0n) is 6.97. The third kappa shape index (κ3) is 2.63. The normalized spacial score (nSPS) is 11.2. The SMILES string of the molecule is O=C(O)/C(=C\O)Cc1ccccc1. The van der Waals surface area contributed by atoms with Crippen LogP contribution in [0.3, 0.4) is 0 Å². The second kappa shape index (κ2) is 4.30. The van der Waals surface area contributed by atoms with E-state index in [2.05, 4.69) is 0 Å². The molecule has 0 saturated carbocycles. The van der Waals surface area contributed by atoms with Crippen LogP contribution in [0.15, 0.2) is 42.2 Å². The zero-order valence-corrected chi connectivity index (χ0v) is 6.97. The van der Waals surface area contributed by atoms with E-state index in [9.17, 15) is 4.79 Å². The summed E-state index contributed by atoms with van der Waals surface area (Å²) in [6.07, 6.45) is 0.877. The molecule has 1 aromatic rings. The first-order valence-corrected chi connectivity index (χ1v) is 3.84. The predicted octanol–water partition coefficient (Wildman–Crippen LogP) is 1.76. The highest BCUT2D eigenvalue weighted by Crippen LogP contribution is 2.06. The number of benzene rings is 1. The molecule has 13 heavy (non-hydrogen) atoms. The monoisotopic (exact) mass is 178 g/mol. The number of aliphatic hydroxyl groups is 1. The van der Waals surface area contributed by atoms with Crippen molar-refractivity contribution in [1.82, 2.24) is 0 Å². The van der Waals surface area contributed by atoms with Crippen molar-refractivity contribution in [2.75, 3.05) is 0 Å². The van der Waals surface area contributed by atoms with Crippen LogP contribution < -0.4 is 0 Å². The fourth-order valence-corrected chi connectivity index (χ4v) is 0.992. The van der Waals surface area contributed by atoms with Crippen LogP contribution in [0.1, 0.15) is 5.56 Å². The highest BCUT2D eigenvalue weighted by Gasteiger charge is 2.07. The molecule has 0 unspecified atom stereocenters. The van der Waals surface area contributed by atoms with E-state index in [0.717, 1.165) is 5.56 Å². The quantitative estimate of drug-likeness (QED) is 0.547. The van der Waals surface area contributed by atoms with Crippen molar-refractivity contribution in [2.24, 2.45) is 0 Å². The van der Waals surface area contributed by atoms with E-state index in [-0.39, 0.29) is 12.0 Å². The second-order valence-corrected chi connectivity index (χ2v) is 2.62. The number of carboxylic acid groups (broad SMARTS) is 1. The molecular formula is C10H10O3. The van der Waals surface area contributed by atoms with Crippen LogP contribution in [0.2, 0.25) is 0 Å². The molecule has 3 nitrogen and oxygen atoms in total. The Morgan fingerprint density at radius 1 is 1.31 bits per heavy atom. The molecule has 0 aliphatic carbocycles. The van der Waals surface area contributed by atoms with Gasteiger partial charge in [-0.2, -0.15) is 0 Å². The van der Waals surface area contributed by atoms with Gasteiger partial charge in [0.15, 0.2) is 0 Å². The number of hydrogen-bond acceptors (Lipinski definition) is 2. The van der Waals surface area contributed by atoms with Crippen LogP contribution in [-0.2, 0) is 11.2 Å². The summed E-state index contributed by atoms with van der Waals surface area (Å²) in [7, 11) is 0. The molecule has 0 spiro atoms. The van der Waals surface area contributed by atoms with Gasteiger partial charge in [-0.25, -0.2) is 4.79 Å². The molecule has 0 saturated heterocycles. The number of aliphatic hydroxyl groups excluding tert-OH is 1. The smallest absolute Gasteiger partial charge is 0.335 e. The molecule has 2 N–H and O–H groups in total. The average Bonchev–Trinajstić information content (AvgIpc) is 2.15. The molecule has 0 aromatic heterocycles. The maximum Gasteiger partial charge on any atom is 0.335 e. The number of carbonyl (C=O) groups is 1. The lowest BCUT2D eigenvalue weighted by molar-refractivity contribution is -0.132. The zero-order chi connectivity index (χ0) is 9.68. The first-order valence-electron chi connectivity index (χ1n) is 3.84. The third-order valence-corrected chi connectivity index (χ3v) is 1.67. The average molecular weight is 178 g/mol. The summed E-state index contributed by atoms with van der Waals surface area (Å²) in [5, 5.41) is 17.2. The van der Waals surface area contributed by atoms with Gasteiger partial charge in [0.1, 0.15) is 0 Å². The van der Waals surface area contributed by atoms with Crippen molar-refractivity contribution in [3.63, 3.8) is 0 Å². The predicted molar refractivity (Wildman–Crippen MR) is 48.5 cm³/mol. The number of rotatable bonds is 3. The summed E-state index contributed by atoms with van der Waals surface area (Å²) < 4.78 is 0. The van der Waals surface area contributed by atoms with Crippen LogP contribution >= 0.6 is 0 Å². The minimum atomic E-state index is -1.09. The summed E-state index contributed by atoms with van der Waals surface area (Å²) in [5.41, 5.74) is 0.858. The van der Waals surface area contributed by atoms with Crippen molar-refractivity contribution >= 4 is 5.97 Å². The molecular weight excluding hydrogens is 168 g/mol.